The van der Waals surface area contributed by atoms with Crippen molar-refractivity contribution in [3.8, 4) is 12.8 Å². The zero-order chi connectivity index (χ0) is 17.0. The summed E-state index contributed by atoms with van der Waals surface area (Å²) in [6, 6.07) is 6.50. The van der Waals surface area contributed by atoms with Gasteiger partial charge in [0, 0.05) is 5.92 Å². The van der Waals surface area contributed by atoms with Crippen LogP contribution in [0.25, 0.3) is 12.2 Å². The van der Waals surface area contributed by atoms with Crippen LogP contribution in [0.1, 0.15) is 38.7 Å². The minimum absolute atomic E-state index is 0.432. The Morgan fingerprint density at radius 2 is 1.96 bits per heavy atom. The van der Waals surface area contributed by atoms with Gasteiger partial charge in [-0.15, -0.1) is 12.8 Å². The van der Waals surface area contributed by atoms with E-state index >= 15 is 0 Å². The van der Waals surface area contributed by atoms with Gasteiger partial charge in [0.15, 0.2) is 0 Å². The van der Waals surface area contributed by atoms with E-state index in [1.54, 1.807) is 0 Å². The molecule has 0 aromatic heterocycles. The maximum absolute atomic E-state index is 4.26. The molecule has 0 radical (unpaired) electrons. The van der Waals surface area contributed by atoms with Gasteiger partial charge in [-0.25, -0.2) is 0 Å². The summed E-state index contributed by atoms with van der Waals surface area (Å²) in [4.78, 5) is 0. The monoisotopic (exact) mass is 300 g/mol. The first-order chi connectivity index (χ1) is 11.2. The summed E-state index contributed by atoms with van der Waals surface area (Å²) in [5.74, 6) is 0.432. The number of rotatable bonds is 1. The Hall–Kier alpha value is -2.52. The molecule has 0 N–H and O–H groups in total. The van der Waals surface area contributed by atoms with E-state index in [-0.39, 0.29) is 0 Å². The van der Waals surface area contributed by atoms with E-state index < -0.39 is 0 Å². The van der Waals surface area contributed by atoms with Gasteiger partial charge >= 0.3 is 0 Å². The molecule has 0 heteroatoms. The Kier molecular flexibility index (Phi) is 5.24. The second-order valence-electron chi connectivity index (χ2n) is 5.76. The Labute approximate surface area is 139 Å². The summed E-state index contributed by atoms with van der Waals surface area (Å²) in [5, 5.41) is 2.45. The van der Waals surface area contributed by atoms with Crippen molar-refractivity contribution in [3.05, 3.63) is 81.3 Å². The van der Waals surface area contributed by atoms with E-state index in [1.807, 2.05) is 0 Å². The highest BCUT2D eigenvalue weighted by Gasteiger charge is 2.26. The standard InChI is InChI=1S/C21H22.C2H2/c1-5-9-18-19-13-8-11-16(6-2)21(19)15(4)17-12-7-10-14(3)20(17)18;1-2/h5-10,12-13,15H,3,11H2,1-2,4H3;1-2H/b9-5-,16-6-;. The minimum atomic E-state index is 0.432. The van der Waals surface area contributed by atoms with E-state index in [4.69, 9.17) is 0 Å². The lowest BCUT2D eigenvalue weighted by atomic mass is 9.73. The molecule has 3 rings (SSSR count). The van der Waals surface area contributed by atoms with Crippen LogP contribution in [-0.2, 0) is 0 Å². The van der Waals surface area contributed by atoms with Gasteiger partial charge in [-0.3, -0.25) is 0 Å². The maximum atomic E-state index is 4.26. The second kappa shape index (κ2) is 7.16. The van der Waals surface area contributed by atoms with Crippen molar-refractivity contribution < 1.29 is 0 Å². The van der Waals surface area contributed by atoms with Crippen molar-refractivity contribution in [2.24, 2.45) is 0 Å². The second-order valence-corrected chi connectivity index (χ2v) is 5.76. The number of terminal acetylenes is 1. The van der Waals surface area contributed by atoms with E-state index in [2.05, 4.69) is 88.8 Å². The summed E-state index contributed by atoms with van der Waals surface area (Å²) in [6.45, 7) is 10.8. The van der Waals surface area contributed by atoms with Crippen molar-refractivity contribution in [3.63, 3.8) is 0 Å². The summed E-state index contributed by atoms with van der Waals surface area (Å²) < 4.78 is 0. The zero-order valence-corrected chi connectivity index (χ0v) is 14.3. The third kappa shape index (κ3) is 2.76. The Morgan fingerprint density at radius 1 is 1.22 bits per heavy atom. The van der Waals surface area contributed by atoms with Gasteiger partial charge in [0.2, 0.25) is 0 Å². The van der Waals surface area contributed by atoms with Crippen LogP contribution in [0.4, 0.5) is 0 Å². The van der Waals surface area contributed by atoms with Gasteiger partial charge < -0.3 is 0 Å². The molecular weight excluding hydrogens is 276 g/mol. The van der Waals surface area contributed by atoms with Crippen LogP contribution in [0, 0.1) is 12.8 Å². The van der Waals surface area contributed by atoms with Crippen molar-refractivity contribution in [2.45, 2.75) is 33.1 Å². The van der Waals surface area contributed by atoms with Crippen LogP contribution < -0.4 is 10.4 Å². The fourth-order valence-electron chi connectivity index (χ4n) is 3.64. The van der Waals surface area contributed by atoms with Crippen molar-refractivity contribution in [1.29, 1.82) is 0 Å². The zero-order valence-electron chi connectivity index (χ0n) is 14.3. The fourth-order valence-corrected chi connectivity index (χ4v) is 3.64. The van der Waals surface area contributed by atoms with E-state index in [0.717, 1.165) is 11.6 Å². The summed E-state index contributed by atoms with van der Waals surface area (Å²) in [6.07, 6.45) is 20.2. The van der Waals surface area contributed by atoms with Crippen LogP contribution in [0.2, 0.25) is 0 Å². The van der Waals surface area contributed by atoms with Gasteiger partial charge in [-0.2, -0.15) is 0 Å². The third-order valence-electron chi connectivity index (χ3n) is 4.58. The summed E-state index contributed by atoms with van der Waals surface area (Å²) in [5.41, 5.74) is 7.06. The minimum Gasteiger partial charge on any atom is -0.124 e. The van der Waals surface area contributed by atoms with Crippen LogP contribution in [-0.4, -0.2) is 0 Å². The molecule has 0 fully saturated rings. The van der Waals surface area contributed by atoms with Crippen LogP contribution >= 0.6 is 0 Å². The molecule has 0 heterocycles. The summed E-state index contributed by atoms with van der Waals surface area (Å²) in [7, 11) is 0. The molecule has 116 valence electrons. The lowest BCUT2D eigenvalue weighted by Crippen LogP contribution is -2.34. The number of fused-ring (bicyclic) bond motifs is 1. The third-order valence-corrected chi connectivity index (χ3v) is 4.58. The molecule has 1 unspecified atom stereocenters. The molecule has 0 aliphatic heterocycles. The number of allylic oxidation sites excluding steroid dienone is 8. The van der Waals surface area contributed by atoms with Crippen molar-refractivity contribution in [1.82, 2.24) is 0 Å². The van der Waals surface area contributed by atoms with Gasteiger partial charge in [0.05, 0.1) is 0 Å². The molecule has 1 aromatic carbocycles. The Morgan fingerprint density at radius 3 is 2.61 bits per heavy atom. The lowest BCUT2D eigenvalue weighted by Gasteiger charge is -2.30. The predicted molar refractivity (Wildman–Crippen MR) is 102 cm³/mol. The SMILES string of the molecule is C#C.C=c1cccc2c1=C(/C=C\C)C1=C(/C(=C\C)CC=C1)C2C. The molecule has 2 aliphatic rings. The molecule has 0 bridgehead atoms. The molecule has 23 heavy (non-hydrogen) atoms. The van der Waals surface area contributed by atoms with Crippen LogP contribution in [0.3, 0.4) is 0 Å². The van der Waals surface area contributed by atoms with Crippen molar-refractivity contribution in [2.75, 3.05) is 0 Å². The van der Waals surface area contributed by atoms with Crippen LogP contribution in [0.5, 0.6) is 0 Å². The highest BCUT2D eigenvalue weighted by Crippen LogP contribution is 2.40. The highest BCUT2D eigenvalue weighted by molar-refractivity contribution is 5.83. The first-order valence-electron chi connectivity index (χ1n) is 8.03. The quantitative estimate of drug-likeness (QED) is 0.675. The molecule has 1 atom stereocenters. The first kappa shape index (κ1) is 16.8. The Bertz CT molecular complexity index is 851. The fraction of sp³-hybridized carbons (Fsp3) is 0.217. The molecule has 0 amide bonds. The van der Waals surface area contributed by atoms with E-state index in [9.17, 15) is 0 Å². The predicted octanol–water partition coefficient (Wildman–Crippen LogP) is 4.39. The number of hydrogen-bond donors (Lipinski definition) is 0. The molecule has 0 saturated carbocycles. The summed E-state index contributed by atoms with van der Waals surface area (Å²) >= 11 is 0. The largest absolute Gasteiger partial charge is 0.124 e. The maximum Gasteiger partial charge on any atom is 0.00762 e. The first-order valence-corrected chi connectivity index (χ1v) is 8.03. The molecular formula is C23H24. The topological polar surface area (TPSA) is 0 Å². The molecule has 1 aromatic rings. The normalized spacial score (nSPS) is 21.0. The molecule has 0 spiro atoms. The van der Waals surface area contributed by atoms with Gasteiger partial charge in [0.1, 0.15) is 0 Å². The van der Waals surface area contributed by atoms with Gasteiger partial charge in [-0.1, -0.05) is 62.1 Å². The van der Waals surface area contributed by atoms with E-state index in [1.165, 1.54) is 33.1 Å². The molecule has 2 aliphatic carbocycles. The Balaban J connectivity index is 0.000000924. The number of benzene rings is 1. The number of hydrogen-bond acceptors (Lipinski definition) is 0. The average Bonchev–Trinajstić information content (AvgIpc) is 2.60. The van der Waals surface area contributed by atoms with Crippen LogP contribution in [0.15, 0.2) is 65.3 Å². The average molecular weight is 300 g/mol. The molecule has 0 nitrogen and oxygen atoms in total. The highest BCUT2D eigenvalue weighted by atomic mass is 14.3. The lowest BCUT2D eigenvalue weighted by molar-refractivity contribution is 0.857. The van der Waals surface area contributed by atoms with Crippen molar-refractivity contribution >= 4 is 12.2 Å². The smallest absolute Gasteiger partial charge is 0.00762 e. The molecule has 0 saturated heterocycles. The van der Waals surface area contributed by atoms with Gasteiger partial charge in [0.25, 0.3) is 0 Å². The van der Waals surface area contributed by atoms with E-state index in [0.29, 0.717) is 5.92 Å². The van der Waals surface area contributed by atoms with Gasteiger partial charge in [-0.05, 0) is 58.6 Å².